The van der Waals surface area contributed by atoms with Crippen molar-refractivity contribution in [3.63, 3.8) is 0 Å². The van der Waals surface area contributed by atoms with E-state index in [0.717, 1.165) is 33.5 Å². The Balaban J connectivity index is 0.000000142. The third-order valence-electron chi connectivity index (χ3n) is 12.5. The fourth-order valence-electron chi connectivity index (χ4n) is 9.28. The maximum atomic E-state index is 7.37. The second kappa shape index (κ2) is 24.4. The molecule has 71 heavy (non-hydrogen) atoms. The van der Waals surface area contributed by atoms with Crippen LogP contribution in [0.1, 0.15) is 11.1 Å². The first-order valence-corrected chi connectivity index (χ1v) is 26.6. The summed E-state index contributed by atoms with van der Waals surface area (Å²) in [4.78, 5) is 0. The molecule has 0 amide bonds. The number of hydrogen-bond donors (Lipinski definition) is 0. The molecule has 0 fully saturated rings. The van der Waals surface area contributed by atoms with E-state index in [1.807, 2.05) is 60.7 Å². The van der Waals surface area contributed by atoms with Gasteiger partial charge < -0.3 is 22.0 Å². The molecule has 12 aromatic rings. The molecule has 0 spiro atoms. The Labute approximate surface area is 450 Å². The van der Waals surface area contributed by atoms with Gasteiger partial charge in [-0.1, -0.05) is 158 Å². The molecule has 0 saturated heterocycles. The van der Waals surface area contributed by atoms with Crippen molar-refractivity contribution in [2.45, 2.75) is 0 Å². The van der Waals surface area contributed by atoms with Gasteiger partial charge in [0.1, 0.15) is 37.1 Å². The van der Waals surface area contributed by atoms with Crippen molar-refractivity contribution in [2.24, 2.45) is 0 Å². The van der Waals surface area contributed by atoms with Gasteiger partial charge in [0, 0.05) is 44.0 Å². The largest absolute Gasteiger partial charge is 1.00 e. The van der Waals surface area contributed by atoms with Crippen LogP contribution in [0.4, 0.5) is 0 Å². The van der Waals surface area contributed by atoms with E-state index in [1.165, 1.54) is 59.7 Å². The van der Waals surface area contributed by atoms with Crippen molar-refractivity contribution in [3.05, 3.63) is 291 Å². The van der Waals surface area contributed by atoms with Gasteiger partial charge in [0.05, 0.1) is 11.0 Å². The van der Waals surface area contributed by atoms with E-state index < -0.39 is 15.8 Å². The molecular formula is C65H48Au2N2P2+2. The van der Waals surface area contributed by atoms with Crippen LogP contribution in [0.2, 0.25) is 0 Å². The first kappa shape index (κ1) is 50.6. The predicted octanol–water partition coefficient (Wildman–Crippen LogP) is 14.1. The Morgan fingerprint density at radius 2 is 0.563 bits per heavy atom. The van der Waals surface area contributed by atoms with Gasteiger partial charge in [0.25, 0.3) is 0 Å². The van der Waals surface area contributed by atoms with Crippen molar-refractivity contribution >= 4 is 80.7 Å². The van der Waals surface area contributed by atoms with E-state index in [2.05, 4.69) is 227 Å². The number of hydrogen-bond acceptors (Lipinski definition) is 0. The Morgan fingerprint density at radius 1 is 0.296 bits per heavy atom. The molecule has 348 valence electrons. The first-order chi connectivity index (χ1) is 34.2. The van der Waals surface area contributed by atoms with Crippen molar-refractivity contribution in [1.29, 1.82) is 0 Å². The number of nitrogens with zero attached hydrogens (tertiary/aromatic N) is 2. The molecule has 0 bridgehead atoms. The van der Waals surface area contributed by atoms with Crippen molar-refractivity contribution < 1.29 is 44.8 Å². The fraction of sp³-hybridized carbons (Fsp3) is 0.0154. The summed E-state index contributed by atoms with van der Waals surface area (Å²) in [5.74, 6) is 6.20. The topological polar surface area (TPSA) is 9.86 Å². The molecule has 12 rings (SSSR count). The molecule has 0 radical (unpaired) electrons. The smallest absolute Gasteiger partial charge is 0.366 e. The van der Waals surface area contributed by atoms with Gasteiger partial charge in [-0.05, 0) is 84.9 Å². The van der Waals surface area contributed by atoms with E-state index in [-0.39, 0.29) is 44.8 Å². The van der Waals surface area contributed by atoms with Crippen LogP contribution in [-0.2, 0) is 44.8 Å². The molecule has 10 aromatic carbocycles. The molecule has 0 aliphatic carbocycles. The van der Waals surface area contributed by atoms with Crippen LogP contribution in [0, 0.1) is 24.7 Å². The van der Waals surface area contributed by atoms with Gasteiger partial charge in [-0.25, -0.2) is 0 Å². The molecule has 0 N–H and O–H groups in total. The Morgan fingerprint density at radius 3 is 0.873 bits per heavy atom. The van der Waals surface area contributed by atoms with Crippen LogP contribution in [0.5, 0.6) is 0 Å². The molecule has 2 heterocycles. The van der Waals surface area contributed by atoms with E-state index in [1.54, 1.807) is 0 Å². The summed E-state index contributed by atoms with van der Waals surface area (Å²) in [6, 6.07) is 94.0. The average Bonchev–Trinajstić information content (AvgIpc) is 3.95. The molecule has 2 nitrogen and oxygen atoms in total. The number of rotatable bonds is 8. The zero-order chi connectivity index (χ0) is 46.8. The monoisotopic (exact) mass is 1310 g/mol. The zero-order valence-electron chi connectivity index (χ0n) is 38.6. The van der Waals surface area contributed by atoms with Gasteiger partial charge in [0.15, 0.2) is 5.90 Å². The SMILES string of the molecule is [Au+].[Au+].[C-]#Cc1ccc2c3ccccc3n(-c3ccccc3)c2c1.[C-]#Cc1ccc2c3ccccc3n(-c3ccccc3)c2c1.c1ccc([PH+](C[PH+](c2ccccc2)c2ccccc2)c2ccccc2)cc1. The van der Waals surface area contributed by atoms with Crippen LogP contribution >= 0.6 is 15.8 Å². The number of benzene rings is 10. The number of para-hydroxylation sites is 4. The Kier molecular flexibility index (Phi) is 17.4. The van der Waals surface area contributed by atoms with E-state index in [0.29, 0.717) is 0 Å². The van der Waals surface area contributed by atoms with E-state index >= 15 is 0 Å². The van der Waals surface area contributed by atoms with Crippen LogP contribution in [0.25, 0.3) is 55.0 Å². The van der Waals surface area contributed by atoms with Gasteiger partial charge in [-0.3, -0.25) is 11.8 Å². The zero-order valence-corrected chi connectivity index (χ0v) is 44.9. The number of fused-ring (bicyclic) bond motifs is 6. The summed E-state index contributed by atoms with van der Waals surface area (Å²) < 4.78 is 4.48. The quantitative estimate of drug-likeness (QED) is 0.0621. The minimum Gasteiger partial charge on any atom is -0.366 e. The molecule has 0 aliphatic heterocycles. The van der Waals surface area contributed by atoms with Crippen molar-refractivity contribution in [3.8, 4) is 23.2 Å². The van der Waals surface area contributed by atoms with Gasteiger partial charge in [-0.2, -0.15) is 0 Å². The fourth-order valence-corrected chi connectivity index (χ4v) is 17.0. The summed E-state index contributed by atoms with van der Waals surface area (Å²) in [6.07, 6.45) is 14.7. The first-order valence-electron chi connectivity index (χ1n) is 23.1. The Hall–Kier alpha value is -6.74. The summed E-state index contributed by atoms with van der Waals surface area (Å²) in [6.45, 7) is 0. The Bertz CT molecular complexity index is 3390. The maximum absolute atomic E-state index is 7.37. The molecule has 0 saturated carbocycles. The second-order valence-electron chi connectivity index (χ2n) is 16.7. The van der Waals surface area contributed by atoms with Crippen LogP contribution < -0.4 is 21.2 Å². The minimum absolute atomic E-state index is 0. The third-order valence-corrected chi connectivity index (χ3v) is 19.5. The summed E-state index contributed by atoms with van der Waals surface area (Å²) in [5.41, 5.74) is 8.43. The molecule has 0 aliphatic rings. The summed E-state index contributed by atoms with van der Waals surface area (Å²) in [7, 11) is -1.69. The second-order valence-corrected chi connectivity index (χ2v) is 22.3. The molecule has 6 heteroatoms. The molecule has 2 aromatic heterocycles. The van der Waals surface area contributed by atoms with Gasteiger partial charge in [0.2, 0.25) is 0 Å². The normalized spacial score (nSPS) is 10.6. The summed E-state index contributed by atoms with van der Waals surface area (Å²) in [5, 5.41) is 10.9. The van der Waals surface area contributed by atoms with Gasteiger partial charge in [-0.15, -0.1) is 35.4 Å². The third kappa shape index (κ3) is 11.3. The predicted molar refractivity (Wildman–Crippen MR) is 300 cm³/mol. The minimum atomic E-state index is -0.847. The standard InChI is InChI=1S/C25H22P2.2C20H12N.2Au/c1-5-13-22(14-6-1)26(23-15-7-2-8-16-23)21-27(24-17-9-3-10-18-24)25-19-11-4-12-20-25;2*1-2-15-12-13-18-17-10-6-7-11-19(17)21(20(18)14-15)16-8-4-3-5-9-16;;/h1-20H,21H2;2*3-14H;;/q;2*-1;2*+1/p+2. The van der Waals surface area contributed by atoms with Crippen LogP contribution in [-0.4, -0.2) is 15.0 Å². The van der Waals surface area contributed by atoms with E-state index in [9.17, 15) is 0 Å². The number of aromatic nitrogens is 2. The van der Waals surface area contributed by atoms with Crippen LogP contribution in [0.3, 0.4) is 0 Å². The molecule has 0 unspecified atom stereocenters. The molecule has 0 atom stereocenters. The maximum Gasteiger partial charge on any atom is 1.00 e. The van der Waals surface area contributed by atoms with E-state index in [4.69, 9.17) is 12.8 Å². The summed E-state index contributed by atoms with van der Waals surface area (Å²) >= 11 is 0. The van der Waals surface area contributed by atoms with Gasteiger partial charge >= 0.3 is 44.8 Å². The average molecular weight is 1310 g/mol. The van der Waals surface area contributed by atoms with Crippen molar-refractivity contribution in [1.82, 2.24) is 9.13 Å². The van der Waals surface area contributed by atoms with Crippen molar-refractivity contribution in [2.75, 3.05) is 5.90 Å². The van der Waals surface area contributed by atoms with Crippen LogP contribution in [0.15, 0.2) is 267 Å². The molecular weight excluding hydrogens is 1260 g/mol.